The maximum absolute atomic E-state index is 12.2. The molecule has 1 aromatic rings. The van der Waals surface area contributed by atoms with E-state index in [0.29, 0.717) is 5.75 Å². The smallest absolute Gasteiger partial charge is 0.155 e. The lowest BCUT2D eigenvalue weighted by molar-refractivity contribution is 0.469. The summed E-state index contributed by atoms with van der Waals surface area (Å²) in [5, 5.41) is 2.92. The quantitative estimate of drug-likeness (QED) is 0.922. The van der Waals surface area contributed by atoms with Crippen LogP contribution in [0.1, 0.15) is 43.4 Å². The van der Waals surface area contributed by atoms with Crippen molar-refractivity contribution in [2.45, 2.75) is 43.9 Å². The maximum atomic E-state index is 12.2. The first-order chi connectivity index (χ1) is 9.08. The Labute approximate surface area is 116 Å². The minimum absolute atomic E-state index is 0.0868. The fraction of sp³-hybridized carbons (Fsp3) is 0.600. The lowest BCUT2D eigenvalue weighted by Crippen LogP contribution is -2.39. The first kappa shape index (κ1) is 14.5. The lowest BCUT2D eigenvalue weighted by Gasteiger charge is -2.30. The van der Waals surface area contributed by atoms with E-state index in [1.165, 1.54) is 5.56 Å². The topological polar surface area (TPSA) is 46.2 Å². The highest BCUT2D eigenvalue weighted by Gasteiger charge is 2.35. The van der Waals surface area contributed by atoms with Crippen LogP contribution in [0.4, 0.5) is 0 Å². The second-order valence-corrected chi connectivity index (χ2v) is 7.60. The molecule has 1 N–H and O–H groups in total. The molecule has 0 aliphatic carbocycles. The molecule has 106 valence electrons. The highest BCUT2D eigenvalue weighted by Crippen LogP contribution is 2.30. The van der Waals surface area contributed by atoms with Gasteiger partial charge in [0.1, 0.15) is 0 Å². The van der Waals surface area contributed by atoms with Gasteiger partial charge in [-0.05, 0) is 37.4 Å². The zero-order chi connectivity index (χ0) is 13.9. The molecular weight excluding hydrogens is 258 g/mol. The van der Waals surface area contributed by atoms with Gasteiger partial charge in [0.05, 0.1) is 11.0 Å². The zero-order valence-corrected chi connectivity index (χ0v) is 12.5. The molecule has 0 aromatic heterocycles. The summed E-state index contributed by atoms with van der Waals surface area (Å²) in [5.74, 6) is 0.336. The van der Waals surface area contributed by atoms with Gasteiger partial charge >= 0.3 is 0 Å². The second-order valence-electron chi connectivity index (χ2n) is 5.26. The van der Waals surface area contributed by atoms with E-state index in [4.69, 9.17) is 0 Å². The summed E-state index contributed by atoms with van der Waals surface area (Å²) in [6.07, 6.45) is 3.59. The largest absolute Gasteiger partial charge is 0.312 e. The average molecular weight is 281 g/mol. The summed E-state index contributed by atoms with van der Waals surface area (Å²) in [5.41, 5.74) is 2.36. The van der Waals surface area contributed by atoms with Crippen molar-refractivity contribution in [3.05, 3.63) is 35.4 Å². The van der Waals surface area contributed by atoms with Crippen LogP contribution in [-0.4, -0.2) is 26.5 Å². The molecule has 1 aliphatic heterocycles. The van der Waals surface area contributed by atoms with Gasteiger partial charge in [0.15, 0.2) is 9.84 Å². The van der Waals surface area contributed by atoms with Crippen molar-refractivity contribution in [3.63, 3.8) is 0 Å². The van der Waals surface area contributed by atoms with Crippen LogP contribution in [0.2, 0.25) is 0 Å². The third kappa shape index (κ3) is 3.18. The van der Waals surface area contributed by atoms with Crippen LogP contribution in [-0.2, 0) is 16.3 Å². The number of nitrogens with one attached hydrogen (secondary N) is 1. The third-order valence-corrected chi connectivity index (χ3v) is 6.35. The van der Waals surface area contributed by atoms with Crippen molar-refractivity contribution >= 4 is 9.84 Å². The Hall–Kier alpha value is -0.870. The molecule has 1 fully saturated rings. The molecule has 0 bridgehead atoms. The van der Waals surface area contributed by atoms with Crippen molar-refractivity contribution in [1.82, 2.24) is 5.32 Å². The van der Waals surface area contributed by atoms with E-state index in [-0.39, 0.29) is 11.3 Å². The Morgan fingerprint density at radius 1 is 1.26 bits per heavy atom. The van der Waals surface area contributed by atoms with Crippen molar-refractivity contribution in [2.75, 3.05) is 12.8 Å². The van der Waals surface area contributed by atoms with Gasteiger partial charge in [-0.15, -0.1) is 0 Å². The highest BCUT2D eigenvalue weighted by molar-refractivity contribution is 7.92. The minimum Gasteiger partial charge on any atom is -0.312 e. The molecule has 0 radical (unpaired) electrons. The predicted octanol–water partition coefficient (Wildman–Crippen LogP) is 2.48. The van der Waals surface area contributed by atoms with Crippen LogP contribution >= 0.6 is 0 Å². The summed E-state index contributed by atoms with van der Waals surface area (Å²) >= 11 is 0. The number of hydrogen-bond donors (Lipinski definition) is 1. The molecule has 1 aromatic carbocycles. The second kappa shape index (κ2) is 6.06. The van der Waals surface area contributed by atoms with Crippen LogP contribution in [0.5, 0.6) is 0 Å². The third-order valence-electron chi connectivity index (χ3n) is 4.06. The van der Waals surface area contributed by atoms with E-state index in [0.717, 1.165) is 31.2 Å². The molecule has 19 heavy (non-hydrogen) atoms. The number of sulfone groups is 1. The average Bonchev–Trinajstić information content (AvgIpc) is 2.42. The van der Waals surface area contributed by atoms with Crippen molar-refractivity contribution in [1.29, 1.82) is 0 Å². The molecule has 4 heteroatoms. The molecule has 1 saturated heterocycles. The summed E-state index contributed by atoms with van der Waals surface area (Å²) < 4.78 is 24.5. The van der Waals surface area contributed by atoms with Crippen molar-refractivity contribution in [2.24, 2.45) is 0 Å². The van der Waals surface area contributed by atoms with Gasteiger partial charge in [0.2, 0.25) is 0 Å². The van der Waals surface area contributed by atoms with Crippen molar-refractivity contribution in [3.8, 4) is 0 Å². The fourth-order valence-electron chi connectivity index (χ4n) is 2.88. The SMILES string of the molecule is CCc1ccc(C(NC)C2CCCCS2(=O)=O)cc1. The van der Waals surface area contributed by atoms with Crippen LogP contribution in [0, 0.1) is 0 Å². The standard InChI is InChI=1S/C15H23NO2S/c1-3-12-7-9-13(10-8-12)15(16-2)14-6-4-5-11-19(14,17)18/h7-10,14-16H,3-6,11H2,1-2H3. The predicted molar refractivity (Wildman–Crippen MR) is 79.0 cm³/mol. The normalized spacial score (nSPS) is 24.0. The van der Waals surface area contributed by atoms with Gasteiger partial charge < -0.3 is 5.32 Å². The summed E-state index contributed by atoms with van der Waals surface area (Å²) in [6.45, 7) is 2.12. The molecule has 0 saturated carbocycles. The maximum Gasteiger partial charge on any atom is 0.155 e. The number of rotatable bonds is 4. The molecule has 3 nitrogen and oxygen atoms in total. The molecule has 1 heterocycles. The fourth-order valence-corrected chi connectivity index (χ4v) is 5.02. The molecule has 1 aliphatic rings. The monoisotopic (exact) mass is 281 g/mol. The van der Waals surface area contributed by atoms with Gasteiger partial charge in [0, 0.05) is 6.04 Å². The van der Waals surface area contributed by atoms with Crippen LogP contribution in [0.25, 0.3) is 0 Å². The molecule has 2 unspecified atom stereocenters. The van der Waals surface area contributed by atoms with E-state index < -0.39 is 9.84 Å². The Morgan fingerprint density at radius 3 is 2.47 bits per heavy atom. The van der Waals surface area contributed by atoms with Crippen LogP contribution in [0.3, 0.4) is 0 Å². The van der Waals surface area contributed by atoms with Gasteiger partial charge in [-0.1, -0.05) is 37.6 Å². The van der Waals surface area contributed by atoms with E-state index in [1.807, 2.05) is 7.05 Å². The summed E-state index contributed by atoms with van der Waals surface area (Å²) in [7, 11) is -1.11. The van der Waals surface area contributed by atoms with E-state index in [9.17, 15) is 8.42 Å². The van der Waals surface area contributed by atoms with Crippen molar-refractivity contribution < 1.29 is 8.42 Å². The number of aryl methyl sites for hydroxylation is 1. The van der Waals surface area contributed by atoms with Gasteiger partial charge in [-0.25, -0.2) is 8.42 Å². The number of hydrogen-bond acceptors (Lipinski definition) is 3. The Kier molecular flexibility index (Phi) is 4.63. The van der Waals surface area contributed by atoms with E-state index in [2.05, 4.69) is 36.5 Å². The molecule has 0 spiro atoms. The lowest BCUT2D eigenvalue weighted by atomic mass is 9.98. The molecule has 2 rings (SSSR count). The Balaban J connectivity index is 2.27. The van der Waals surface area contributed by atoms with E-state index in [1.54, 1.807) is 0 Å². The summed E-state index contributed by atoms with van der Waals surface area (Å²) in [4.78, 5) is 0. The van der Waals surface area contributed by atoms with Crippen LogP contribution in [0.15, 0.2) is 24.3 Å². The molecular formula is C15H23NO2S. The van der Waals surface area contributed by atoms with Gasteiger partial charge in [-0.3, -0.25) is 0 Å². The Bertz CT molecular complexity index is 507. The van der Waals surface area contributed by atoms with E-state index >= 15 is 0 Å². The first-order valence-corrected chi connectivity index (χ1v) is 8.77. The molecule has 0 amide bonds. The Morgan fingerprint density at radius 2 is 1.95 bits per heavy atom. The van der Waals surface area contributed by atoms with Crippen LogP contribution < -0.4 is 5.32 Å². The van der Waals surface area contributed by atoms with Gasteiger partial charge in [0.25, 0.3) is 0 Å². The minimum atomic E-state index is -2.96. The number of benzene rings is 1. The zero-order valence-electron chi connectivity index (χ0n) is 11.7. The van der Waals surface area contributed by atoms with Gasteiger partial charge in [-0.2, -0.15) is 0 Å². The molecule has 2 atom stereocenters. The highest BCUT2D eigenvalue weighted by atomic mass is 32.2. The first-order valence-electron chi connectivity index (χ1n) is 7.06. The summed E-state index contributed by atoms with van der Waals surface area (Å²) in [6, 6.07) is 8.22.